The van der Waals surface area contributed by atoms with Crippen molar-refractivity contribution in [2.45, 2.75) is 38.2 Å². The number of hydrogen-bond donors (Lipinski definition) is 1. The van der Waals surface area contributed by atoms with Gasteiger partial charge >= 0.3 is 0 Å². The van der Waals surface area contributed by atoms with Gasteiger partial charge in [0.1, 0.15) is 0 Å². The van der Waals surface area contributed by atoms with Crippen LogP contribution in [0.25, 0.3) is 0 Å². The molecule has 3 atom stereocenters. The van der Waals surface area contributed by atoms with Gasteiger partial charge in [0.05, 0.1) is 23.2 Å². The Kier molecular flexibility index (Phi) is 2.74. The molecule has 1 saturated carbocycles. The van der Waals surface area contributed by atoms with Crippen LogP contribution in [0.1, 0.15) is 32.1 Å². The van der Waals surface area contributed by atoms with E-state index in [0.29, 0.717) is 19.3 Å². The predicted octanol–water partition coefficient (Wildman–Crippen LogP) is 0.144. The van der Waals surface area contributed by atoms with Crippen molar-refractivity contribution < 1.29 is 24.3 Å². The van der Waals surface area contributed by atoms with Crippen molar-refractivity contribution in [3.63, 3.8) is 0 Å². The van der Waals surface area contributed by atoms with Crippen LogP contribution in [-0.2, 0) is 19.2 Å². The average Bonchev–Trinajstić information content (AvgIpc) is 2.38. The van der Waals surface area contributed by atoms with Crippen molar-refractivity contribution in [3.05, 3.63) is 11.1 Å². The van der Waals surface area contributed by atoms with Crippen LogP contribution in [0, 0.1) is 11.8 Å². The first-order valence-electron chi connectivity index (χ1n) is 6.59. The molecule has 3 rings (SSSR count). The number of ketones is 4. The predicted molar refractivity (Wildman–Crippen MR) is 63.1 cm³/mol. The first kappa shape index (κ1) is 12.4. The van der Waals surface area contributed by atoms with Gasteiger partial charge in [0.2, 0.25) is 0 Å². The lowest BCUT2D eigenvalue weighted by Crippen LogP contribution is -2.49. The van der Waals surface area contributed by atoms with Crippen LogP contribution < -0.4 is 0 Å². The van der Waals surface area contributed by atoms with Crippen LogP contribution in [-0.4, -0.2) is 34.3 Å². The Balaban J connectivity index is 2.16. The Morgan fingerprint density at radius 2 is 1.42 bits per heavy atom. The van der Waals surface area contributed by atoms with Gasteiger partial charge in [-0.1, -0.05) is 6.42 Å². The molecule has 0 aromatic rings. The molecule has 3 unspecified atom stereocenters. The number of carbonyl (C=O) groups is 4. The first-order chi connectivity index (χ1) is 9.02. The third-order valence-corrected chi connectivity index (χ3v) is 4.38. The molecule has 0 aromatic heterocycles. The monoisotopic (exact) mass is 262 g/mol. The third kappa shape index (κ3) is 1.64. The molecule has 0 spiro atoms. The smallest absolute Gasteiger partial charge is 0.173 e. The number of rotatable bonds is 0. The lowest BCUT2D eigenvalue weighted by molar-refractivity contribution is -0.141. The van der Waals surface area contributed by atoms with Crippen LogP contribution in [0.3, 0.4) is 0 Å². The Morgan fingerprint density at radius 1 is 0.842 bits per heavy atom. The fourth-order valence-electron chi connectivity index (χ4n) is 3.46. The van der Waals surface area contributed by atoms with Gasteiger partial charge in [-0.2, -0.15) is 0 Å². The minimum Gasteiger partial charge on any atom is -0.392 e. The summed E-state index contributed by atoms with van der Waals surface area (Å²) in [6.07, 6.45) is 0.747. The second-order valence-corrected chi connectivity index (χ2v) is 5.46. The number of aliphatic hydroxyl groups excluding tert-OH is 1. The molecule has 0 bridgehead atoms. The summed E-state index contributed by atoms with van der Waals surface area (Å²) in [6.45, 7) is 0. The minimum absolute atomic E-state index is 0.00975. The lowest BCUT2D eigenvalue weighted by atomic mass is 9.63. The van der Waals surface area contributed by atoms with E-state index in [1.807, 2.05) is 0 Å². The van der Waals surface area contributed by atoms with E-state index in [9.17, 15) is 24.3 Å². The zero-order valence-electron chi connectivity index (χ0n) is 10.3. The highest BCUT2D eigenvalue weighted by molar-refractivity contribution is 6.38. The topological polar surface area (TPSA) is 88.5 Å². The van der Waals surface area contributed by atoms with Crippen molar-refractivity contribution in [1.29, 1.82) is 0 Å². The maximum absolute atomic E-state index is 12.4. The van der Waals surface area contributed by atoms with Crippen LogP contribution >= 0.6 is 0 Å². The molecule has 1 fully saturated rings. The van der Waals surface area contributed by atoms with Gasteiger partial charge in [-0.25, -0.2) is 0 Å². The lowest BCUT2D eigenvalue weighted by Gasteiger charge is -2.38. The summed E-state index contributed by atoms with van der Waals surface area (Å²) >= 11 is 0. The standard InChI is InChI=1S/C14H14O5/c15-7-3-1-2-6-10(7)14(19)12-9(17)5-4-8(16)11(12)13(6)18/h6-7,10,15H,1-5H2. The molecule has 0 aromatic carbocycles. The summed E-state index contributed by atoms with van der Waals surface area (Å²) in [6, 6.07) is 0. The zero-order valence-corrected chi connectivity index (χ0v) is 10.3. The summed E-state index contributed by atoms with van der Waals surface area (Å²) in [5, 5.41) is 9.94. The van der Waals surface area contributed by atoms with Crippen molar-refractivity contribution in [1.82, 2.24) is 0 Å². The first-order valence-corrected chi connectivity index (χ1v) is 6.59. The quantitative estimate of drug-likeness (QED) is 0.627. The van der Waals surface area contributed by atoms with Crippen LogP contribution in [0.15, 0.2) is 11.1 Å². The van der Waals surface area contributed by atoms with Crippen molar-refractivity contribution >= 4 is 23.1 Å². The second-order valence-electron chi connectivity index (χ2n) is 5.46. The molecule has 1 N–H and O–H groups in total. The molecule has 0 amide bonds. The summed E-state index contributed by atoms with van der Waals surface area (Å²) < 4.78 is 0. The summed E-state index contributed by atoms with van der Waals surface area (Å²) in [7, 11) is 0. The van der Waals surface area contributed by atoms with Gasteiger partial charge in [-0.05, 0) is 12.8 Å². The number of fused-ring (bicyclic) bond motifs is 1. The molecule has 3 aliphatic rings. The maximum atomic E-state index is 12.4. The Bertz CT molecular complexity index is 542. The molecule has 5 nitrogen and oxygen atoms in total. The minimum atomic E-state index is -0.880. The Morgan fingerprint density at radius 3 is 2.05 bits per heavy atom. The largest absolute Gasteiger partial charge is 0.392 e. The van der Waals surface area contributed by atoms with Crippen molar-refractivity contribution in [2.24, 2.45) is 11.8 Å². The fraction of sp³-hybridized carbons (Fsp3) is 0.571. The van der Waals surface area contributed by atoms with E-state index < -0.39 is 41.1 Å². The number of Topliss-reactive ketones (excluding diaryl/α,β-unsaturated/α-hetero) is 4. The van der Waals surface area contributed by atoms with E-state index in [1.165, 1.54) is 0 Å². The molecular formula is C14H14O5. The molecule has 0 heterocycles. The van der Waals surface area contributed by atoms with Crippen LogP contribution in [0.2, 0.25) is 0 Å². The molecule has 0 saturated heterocycles. The zero-order chi connectivity index (χ0) is 13.7. The van der Waals surface area contributed by atoms with Crippen LogP contribution in [0.4, 0.5) is 0 Å². The molecule has 0 radical (unpaired) electrons. The number of carbonyl (C=O) groups excluding carboxylic acids is 4. The molecule has 100 valence electrons. The third-order valence-electron chi connectivity index (χ3n) is 4.38. The SMILES string of the molecule is O=C1CCC(=O)C2=C1C(=O)C1CCCC(O)C1C2=O. The van der Waals surface area contributed by atoms with Crippen LogP contribution in [0.5, 0.6) is 0 Å². The second kappa shape index (κ2) is 4.20. The van der Waals surface area contributed by atoms with E-state index in [2.05, 4.69) is 0 Å². The van der Waals surface area contributed by atoms with E-state index in [0.717, 1.165) is 0 Å². The Labute approximate surface area is 109 Å². The number of allylic oxidation sites excluding steroid dienone is 2. The molecule has 19 heavy (non-hydrogen) atoms. The number of hydrogen-bond acceptors (Lipinski definition) is 5. The number of aliphatic hydroxyl groups is 1. The van der Waals surface area contributed by atoms with Crippen molar-refractivity contribution in [2.75, 3.05) is 0 Å². The maximum Gasteiger partial charge on any atom is 0.173 e. The molecule has 3 aliphatic carbocycles. The van der Waals surface area contributed by atoms with Gasteiger partial charge in [-0.15, -0.1) is 0 Å². The summed E-state index contributed by atoms with van der Waals surface area (Å²) in [5.41, 5.74) is -0.417. The molecule has 0 aliphatic heterocycles. The molecular weight excluding hydrogens is 248 g/mol. The van der Waals surface area contributed by atoms with Gasteiger partial charge in [0, 0.05) is 18.8 Å². The van der Waals surface area contributed by atoms with E-state index in [1.54, 1.807) is 0 Å². The average molecular weight is 262 g/mol. The van der Waals surface area contributed by atoms with Gasteiger partial charge in [0.25, 0.3) is 0 Å². The highest BCUT2D eigenvalue weighted by Gasteiger charge is 2.51. The highest BCUT2D eigenvalue weighted by Crippen LogP contribution is 2.41. The van der Waals surface area contributed by atoms with E-state index in [4.69, 9.17) is 0 Å². The molecule has 5 heteroatoms. The summed E-state index contributed by atoms with van der Waals surface area (Å²) in [4.78, 5) is 48.4. The van der Waals surface area contributed by atoms with E-state index in [-0.39, 0.29) is 24.0 Å². The normalized spacial score (nSPS) is 35.3. The van der Waals surface area contributed by atoms with Gasteiger partial charge < -0.3 is 5.11 Å². The highest BCUT2D eigenvalue weighted by atomic mass is 16.3. The van der Waals surface area contributed by atoms with E-state index >= 15 is 0 Å². The fourth-order valence-corrected chi connectivity index (χ4v) is 3.46. The van der Waals surface area contributed by atoms with Gasteiger partial charge in [-0.3, -0.25) is 19.2 Å². The van der Waals surface area contributed by atoms with Crippen molar-refractivity contribution in [3.8, 4) is 0 Å². The summed E-state index contributed by atoms with van der Waals surface area (Å²) in [5.74, 6) is -3.17. The van der Waals surface area contributed by atoms with Gasteiger partial charge in [0.15, 0.2) is 23.1 Å². The Hall–Kier alpha value is -1.62.